The van der Waals surface area contributed by atoms with Crippen molar-refractivity contribution in [3.05, 3.63) is 64.7 Å². The summed E-state index contributed by atoms with van der Waals surface area (Å²) in [6, 6.07) is 10.5. The third-order valence-corrected chi connectivity index (χ3v) is 3.80. The number of benzene rings is 2. The first kappa shape index (κ1) is 16.0. The first-order chi connectivity index (χ1) is 11.3. The molecule has 24 heavy (non-hydrogen) atoms. The Hall–Kier alpha value is -2.83. The van der Waals surface area contributed by atoms with Crippen molar-refractivity contribution in [1.29, 1.82) is 0 Å². The summed E-state index contributed by atoms with van der Waals surface area (Å²) in [5.74, 6) is -1.39. The predicted octanol–water partition coefficient (Wildman–Crippen LogP) is 3.40. The molecule has 2 aromatic carbocycles. The van der Waals surface area contributed by atoms with Gasteiger partial charge in [-0.05, 0) is 18.2 Å². The first-order valence-corrected chi connectivity index (χ1v) is 7.03. The molecule has 1 aliphatic rings. The predicted molar refractivity (Wildman–Crippen MR) is 78.8 cm³/mol. The molecule has 0 radical (unpaired) electrons. The molecule has 0 fully saturated rings. The number of hydrogen-bond donors (Lipinski definition) is 0. The van der Waals surface area contributed by atoms with Gasteiger partial charge in [0.1, 0.15) is 12.4 Å². The number of amides is 1. The Morgan fingerprint density at radius 2 is 1.83 bits per heavy atom. The molecule has 2 aromatic rings. The number of carbonyl (C=O) groups is 2. The molecule has 0 spiro atoms. The van der Waals surface area contributed by atoms with Gasteiger partial charge in [0.25, 0.3) is 5.91 Å². The summed E-state index contributed by atoms with van der Waals surface area (Å²) in [7, 11) is 0.641. The average molecular weight is 335 g/mol. The lowest BCUT2D eigenvalue weighted by Crippen LogP contribution is -2.39. The summed E-state index contributed by atoms with van der Waals surface area (Å²) >= 11 is 0. The molecule has 7 heteroatoms. The molecular formula is C17H12F3NO3. The fraction of sp³-hybridized carbons (Fsp3) is 0.176. The quantitative estimate of drug-likeness (QED) is 0.751. The molecule has 1 amide bonds. The molecule has 0 N–H and O–H groups in total. The van der Waals surface area contributed by atoms with Crippen molar-refractivity contribution >= 4 is 11.7 Å². The Kier molecular flexibility index (Phi) is 3.79. The molecule has 0 saturated heterocycles. The van der Waals surface area contributed by atoms with Crippen molar-refractivity contribution < 1.29 is 27.5 Å². The SMILES string of the molecule is CN(C(=O)c1ccc2c(c1)C(=O)c1ccccc1CO2)C(F)(F)F. The highest BCUT2D eigenvalue weighted by Crippen LogP contribution is 2.30. The van der Waals surface area contributed by atoms with Crippen LogP contribution in [0.25, 0.3) is 0 Å². The summed E-state index contributed by atoms with van der Waals surface area (Å²) in [4.78, 5) is 24.3. The van der Waals surface area contributed by atoms with Gasteiger partial charge in [-0.25, -0.2) is 0 Å². The van der Waals surface area contributed by atoms with E-state index in [1.54, 1.807) is 24.3 Å². The van der Waals surface area contributed by atoms with Crippen LogP contribution in [0, 0.1) is 0 Å². The molecule has 124 valence electrons. The second-order valence-corrected chi connectivity index (χ2v) is 5.32. The van der Waals surface area contributed by atoms with Crippen LogP contribution in [0.1, 0.15) is 31.8 Å². The van der Waals surface area contributed by atoms with Gasteiger partial charge in [-0.3, -0.25) is 14.5 Å². The summed E-state index contributed by atoms with van der Waals surface area (Å²) in [5.41, 5.74) is 0.926. The number of ketones is 1. The Labute approximate surface area is 135 Å². The van der Waals surface area contributed by atoms with Gasteiger partial charge in [0.2, 0.25) is 0 Å². The summed E-state index contributed by atoms with van der Waals surface area (Å²) in [6.07, 6.45) is -4.79. The molecule has 3 rings (SSSR count). The van der Waals surface area contributed by atoms with E-state index in [9.17, 15) is 22.8 Å². The molecule has 0 unspecified atom stereocenters. The van der Waals surface area contributed by atoms with E-state index in [-0.39, 0.29) is 34.2 Å². The molecule has 1 aliphatic heterocycles. The normalized spacial score (nSPS) is 13.4. The van der Waals surface area contributed by atoms with E-state index in [4.69, 9.17) is 4.74 Å². The van der Waals surface area contributed by atoms with Crippen molar-refractivity contribution in [2.75, 3.05) is 7.05 Å². The van der Waals surface area contributed by atoms with Crippen LogP contribution in [0.4, 0.5) is 13.2 Å². The third kappa shape index (κ3) is 2.73. The van der Waals surface area contributed by atoms with Crippen LogP contribution < -0.4 is 4.74 Å². The van der Waals surface area contributed by atoms with Crippen molar-refractivity contribution in [1.82, 2.24) is 4.90 Å². The molecule has 0 aliphatic carbocycles. The molecule has 0 saturated carbocycles. The smallest absolute Gasteiger partial charge is 0.487 e. The second kappa shape index (κ2) is 5.67. The van der Waals surface area contributed by atoms with Crippen LogP contribution in [-0.2, 0) is 6.61 Å². The zero-order valence-corrected chi connectivity index (χ0v) is 12.6. The minimum atomic E-state index is -4.79. The zero-order valence-electron chi connectivity index (χ0n) is 12.6. The number of nitrogens with zero attached hydrogens (tertiary/aromatic N) is 1. The van der Waals surface area contributed by atoms with Gasteiger partial charge in [0.15, 0.2) is 5.78 Å². The molecule has 1 heterocycles. The lowest BCUT2D eigenvalue weighted by molar-refractivity contribution is -0.216. The van der Waals surface area contributed by atoms with Gasteiger partial charge in [-0.15, -0.1) is 13.2 Å². The summed E-state index contributed by atoms with van der Waals surface area (Å²) < 4.78 is 43.6. The maximum absolute atomic E-state index is 12.7. The maximum atomic E-state index is 12.7. The Morgan fingerprint density at radius 3 is 2.54 bits per heavy atom. The van der Waals surface area contributed by atoms with Crippen LogP contribution in [0.3, 0.4) is 0 Å². The van der Waals surface area contributed by atoms with Crippen molar-refractivity contribution in [2.45, 2.75) is 12.9 Å². The number of ether oxygens (including phenoxy) is 1. The Morgan fingerprint density at radius 1 is 1.12 bits per heavy atom. The van der Waals surface area contributed by atoms with Crippen LogP contribution in [-0.4, -0.2) is 29.9 Å². The van der Waals surface area contributed by atoms with Crippen molar-refractivity contribution in [3.63, 3.8) is 0 Å². The second-order valence-electron chi connectivity index (χ2n) is 5.32. The topological polar surface area (TPSA) is 46.6 Å². The summed E-state index contributed by atoms with van der Waals surface area (Å²) in [5, 5.41) is 0. The minimum absolute atomic E-state index is 0.0707. The van der Waals surface area contributed by atoms with Gasteiger partial charge < -0.3 is 4.74 Å². The van der Waals surface area contributed by atoms with Crippen LogP contribution >= 0.6 is 0 Å². The van der Waals surface area contributed by atoms with Gasteiger partial charge in [0.05, 0.1) is 5.56 Å². The molecule has 0 aromatic heterocycles. The number of alkyl halides is 3. The van der Waals surface area contributed by atoms with Gasteiger partial charge >= 0.3 is 6.30 Å². The molecule has 0 atom stereocenters. The molecule has 4 nitrogen and oxygen atoms in total. The minimum Gasteiger partial charge on any atom is -0.488 e. The zero-order chi connectivity index (χ0) is 17.5. The lowest BCUT2D eigenvalue weighted by Gasteiger charge is -2.20. The van der Waals surface area contributed by atoms with Crippen LogP contribution in [0.5, 0.6) is 5.75 Å². The summed E-state index contributed by atoms with van der Waals surface area (Å²) in [6.45, 7) is 0.171. The molecule has 0 bridgehead atoms. The fourth-order valence-corrected chi connectivity index (χ4v) is 2.44. The Bertz CT molecular complexity index is 830. The number of carbonyl (C=O) groups excluding carboxylic acids is 2. The van der Waals surface area contributed by atoms with Gasteiger partial charge in [0, 0.05) is 23.7 Å². The first-order valence-electron chi connectivity index (χ1n) is 7.03. The van der Waals surface area contributed by atoms with Crippen LogP contribution in [0.2, 0.25) is 0 Å². The van der Waals surface area contributed by atoms with Gasteiger partial charge in [-0.2, -0.15) is 0 Å². The van der Waals surface area contributed by atoms with E-state index in [2.05, 4.69) is 0 Å². The number of fused-ring (bicyclic) bond motifs is 2. The average Bonchev–Trinajstić information content (AvgIpc) is 2.70. The monoisotopic (exact) mass is 335 g/mol. The van der Waals surface area contributed by atoms with E-state index in [0.29, 0.717) is 18.2 Å². The third-order valence-electron chi connectivity index (χ3n) is 3.80. The Balaban J connectivity index is 2.03. The maximum Gasteiger partial charge on any atom is 0.487 e. The highest BCUT2D eigenvalue weighted by Gasteiger charge is 2.38. The van der Waals surface area contributed by atoms with E-state index in [1.807, 2.05) is 0 Å². The highest BCUT2D eigenvalue weighted by atomic mass is 19.4. The lowest BCUT2D eigenvalue weighted by atomic mass is 9.97. The number of halogens is 3. The highest BCUT2D eigenvalue weighted by molar-refractivity contribution is 6.13. The fourth-order valence-electron chi connectivity index (χ4n) is 2.44. The standard InChI is InChI=1S/C17H12F3NO3/c1-21(17(18,19)20)16(23)10-6-7-14-13(8-10)15(22)12-5-3-2-4-11(12)9-24-14/h2-8H,9H2,1H3. The van der Waals surface area contributed by atoms with E-state index in [0.717, 1.165) is 6.07 Å². The van der Waals surface area contributed by atoms with Crippen molar-refractivity contribution in [2.24, 2.45) is 0 Å². The number of hydrogen-bond acceptors (Lipinski definition) is 3. The number of rotatable bonds is 1. The van der Waals surface area contributed by atoms with Crippen LogP contribution in [0.15, 0.2) is 42.5 Å². The van der Waals surface area contributed by atoms with Crippen molar-refractivity contribution in [3.8, 4) is 5.75 Å². The van der Waals surface area contributed by atoms with Gasteiger partial charge in [-0.1, -0.05) is 24.3 Å². The van der Waals surface area contributed by atoms with E-state index < -0.39 is 12.2 Å². The van der Waals surface area contributed by atoms with E-state index in [1.165, 1.54) is 12.1 Å². The molecular weight excluding hydrogens is 323 g/mol. The van der Waals surface area contributed by atoms with E-state index >= 15 is 0 Å². The largest absolute Gasteiger partial charge is 0.488 e.